The highest BCUT2D eigenvalue weighted by molar-refractivity contribution is 5.70. The maximum atomic E-state index is 4.56. The molecule has 0 unspecified atom stereocenters. The smallest absolute Gasteiger partial charge is 0.0708 e. The molecular formula is C29H27N. The third-order valence-corrected chi connectivity index (χ3v) is 6.54. The molecule has 0 atom stereocenters. The van der Waals surface area contributed by atoms with Crippen LogP contribution >= 0.6 is 0 Å². The van der Waals surface area contributed by atoms with Crippen LogP contribution in [0.3, 0.4) is 0 Å². The predicted octanol–water partition coefficient (Wildman–Crippen LogP) is 7.86. The molecule has 0 spiro atoms. The zero-order valence-corrected chi connectivity index (χ0v) is 17.2. The molecule has 1 aromatic heterocycles. The molecule has 4 aromatic rings. The summed E-state index contributed by atoms with van der Waals surface area (Å²) >= 11 is 0. The molecule has 0 saturated heterocycles. The summed E-state index contributed by atoms with van der Waals surface area (Å²) in [4.78, 5) is 4.56. The van der Waals surface area contributed by atoms with Gasteiger partial charge in [0.1, 0.15) is 0 Å². The molecule has 1 aliphatic rings. The summed E-state index contributed by atoms with van der Waals surface area (Å²) < 4.78 is 0. The minimum atomic E-state index is 0.691. The van der Waals surface area contributed by atoms with E-state index in [0.29, 0.717) is 5.92 Å². The fourth-order valence-corrected chi connectivity index (χ4v) is 4.81. The molecule has 0 amide bonds. The lowest BCUT2D eigenvalue weighted by atomic mass is 9.76. The van der Waals surface area contributed by atoms with Crippen LogP contribution in [0.4, 0.5) is 0 Å². The zero-order valence-electron chi connectivity index (χ0n) is 17.2. The molecule has 0 radical (unpaired) electrons. The minimum Gasteiger partial charge on any atom is -0.256 e. The van der Waals surface area contributed by atoms with Gasteiger partial charge in [-0.25, -0.2) is 0 Å². The Morgan fingerprint density at radius 2 is 1.07 bits per heavy atom. The molecule has 1 heterocycles. The first-order valence-electron chi connectivity index (χ1n) is 11.0. The largest absolute Gasteiger partial charge is 0.256 e. The Morgan fingerprint density at radius 1 is 0.500 bits per heavy atom. The van der Waals surface area contributed by atoms with Gasteiger partial charge in [0.05, 0.1) is 5.69 Å². The van der Waals surface area contributed by atoms with E-state index in [0.717, 1.165) is 17.2 Å². The van der Waals surface area contributed by atoms with Crippen LogP contribution in [0.2, 0.25) is 0 Å². The van der Waals surface area contributed by atoms with Crippen LogP contribution in [-0.4, -0.2) is 4.98 Å². The molecular weight excluding hydrogens is 362 g/mol. The number of nitrogens with zero attached hydrogens (tertiary/aromatic N) is 1. The van der Waals surface area contributed by atoms with Crippen molar-refractivity contribution in [1.82, 2.24) is 4.98 Å². The average molecular weight is 390 g/mol. The summed E-state index contributed by atoms with van der Waals surface area (Å²) in [5, 5.41) is 0. The fourth-order valence-electron chi connectivity index (χ4n) is 4.81. The SMILES string of the molecule is c1ccc(-c2cc(-c3ccc(C4CCC(c5ccccc5)CC4)cc3)ccn2)cc1. The van der Waals surface area contributed by atoms with E-state index in [1.807, 2.05) is 12.3 Å². The van der Waals surface area contributed by atoms with Crippen LogP contribution < -0.4 is 0 Å². The van der Waals surface area contributed by atoms with Crippen molar-refractivity contribution < 1.29 is 0 Å². The second-order valence-corrected chi connectivity index (χ2v) is 8.38. The second kappa shape index (κ2) is 8.67. The van der Waals surface area contributed by atoms with Crippen LogP contribution in [0.25, 0.3) is 22.4 Å². The molecule has 0 bridgehead atoms. The highest BCUT2D eigenvalue weighted by Gasteiger charge is 2.23. The van der Waals surface area contributed by atoms with Gasteiger partial charge in [0, 0.05) is 11.8 Å². The fraction of sp³-hybridized carbons (Fsp3) is 0.207. The van der Waals surface area contributed by atoms with Gasteiger partial charge >= 0.3 is 0 Å². The summed E-state index contributed by atoms with van der Waals surface area (Å²) in [6.45, 7) is 0. The lowest BCUT2D eigenvalue weighted by molar-refractivity contribution is 0.396. The monoisotopic (exact) mass is 389 g/mol. The molecule has 5 rings (SSSR count). The van der Waals surface area contributed by atoms with Crippen molar-refractivity contribution in [3.63, 3.8) is 0 Å². The minimum absolute atomic E-state index is 0.691. The highest BCUT2D eigenvalue weighted by atomic mass is 14.7. The van der Waals surface area contributed by atoms with Crippen molar-refractivity contribution in [2.24, 2.45) is 0 Å². The highest BCUT2D eigenvalue weighted by Crippen LogP contribution is 2.40. The van der Waals surface area contributed by atoms with Crippen LogP contribution in [0, 0.1) is 0 Å². The second-order valence-electron chi connectivity index (χ2n) is 8.38. The number of hydrogen-bond donors (Lipinski definition) is 0. The van der Waals surface area contributed by atoms with Gasteiger partial charge in [-0.2, -0.15) is 0 Å². The summed E-state index contributed by atoms with van der Waals surface area (Å²) in [6, 6.07) is 34.9. The van der Waals surface area contributed by atoms with E-state index in [4.69, 9.17) is 0 Å². The number of benzene rings is 3. The molecule has 30 heavy (non-hydrogen) atoms. The normalized spacial score (nSPS) is 18.8. The van der Waals surface area contributed by atoms with Crippen molar-refractivity contribution in [2.45, 2.75) is 37.5 Å². The van der Waals surface area contributed by atoms with E-state index in [1.165, 1.54) is 47.9 Å². The van der Waals surface area contributed by atoms with Crippen molar-refractivity contribution in [1.29, 1.82) is 0 Å². The van der Waals surface area contributed by atoms with Gasteiger partial charge < -0.3 is 0 Å². The molecule has 1 nitrogen and oxygen atoms in total. The maximum Gasteiger partial charge on any atom is 0.0708 e. The Labute approximate surface area is 179 Å². The molecule has 0 N–H and O–H groups in total. The van der Waals surface area contributed by atoms with E-state index < -0.39 is 0 Å². The first-order valence-corrected chi connectivity index (χ1v) is 11.0. The molecule has 148 valence electrons. The Hall–Kier alpha value is -3.19. The quantitative estimate of drug-likeness (QED) is 0.346. The van der Waals surface area contributed by atoms with Crippen LogP contribution in [0.1, 0.15) is 48.6 Å². The van der Waals surface area contributed by atoms with Crippen LogP contribution in [0.5, 0.6) is 0 Å². The number of aromatic nitrogens is 1. The number of hydrogen-bond acceptors (Lipinski definition) is 1. The summed E-state index contributed by atoms with van der Waals surface area (Å²) in [5.41, 5.74) is 7.67. The van der Waals surface area contributed by atoms with Gasteiger partial charge in [-0.1, -0.05) is 84.9 Å². The Kier molecular flexibility index (Phi) is 5.44. The Balaban J connectivity index is 1.29. The van der Waals surface area contributed by atoms with Crippen LogP contribution in [0.15, 0.2) is 103 Å². The van der Waals surface area contributed by atoms with Gasteiger partial charge in [-0.3, -0.25) is 4.98 Å². The van der Waals surface area contributed by atoms with Crippen LogP contribution in [-0.2, 0) is 0 Å². The van der Waals surface area contributed by atoms with Gasteiger partial charge in [0.25, 0.3) is 0 Å². The lowest BCUT2D eigenvalue weighted by Crippen LogP contribution is -2.12. The van der Waals surface area contributed by atoms with E-state index in [-0.39, 0.29) is 0 Å². The summed E-state index contributed by atoms with van der Waals surface area (Å²) in [7, 11) is 0. The maximum absolute atomic E-state index is 4.56. The van der Waals surface area contributed by atoms with Crippen molar-refractivity contribution in [2.75, 3.05) is 0 Å². The molecule has 3 aromatic carbocycles. The van der Waals surface area contributed by atoms with Crippen molar-refractivity contribution in [3.8, 4) is 22.4 Å². The van der Waals surface area contributed by atoms with E-state index >= 15 is 0 Å². The van der Waals surface area contributed by atoms with Gasteiger partial charge in [0.15, 0.2) is 0 Å². The predicted molar refractivity (Wildman–Crippen MR) is 126 cm³/mol. The Bertz CT molecular complexity index is 1080. The van der Waals surface area contributed by atoms with E-state index in [1.54, 1.807) is 0 Å². The number of pyridine rings is 1. The summed E-state index contributed by atoms with van der Waals surface area (Å²) in [5.74, 6) is 1.42. The first kappa shape index (κ1) is 18.8. The van der Waals surface area contributed by atoms with Gasteiger partial charge in [-0.15, -0.1) is 0 Å². The third-order valence-electron chi connectivity index (χ3n) is 6.54. The van der Waals surface area contributed by atoms with Gasteiger partial charge in [-0.05, 0) is 71.9 Å². The standard InChI is InChI=1S/C29H27N/c1-3-7-22(8-4-1)23-11-13-24(14-12-23)25-15-17-26(18-16-25)28-19-20-30-29(21-28)27-9-5-2-6-10-27/h1-10,15-21,23-24H,11-14H2. The Morgan fingerprint density at radius 3 is 1.70 bits per heavy atom. The van der Waals surface area contributed by atoms with E-state index in [2.05, 4.69) is 96.0 Å². The molecule has 0 aliphatic heterocycles. The first-order chi connectivity index (χ1) is 14.9. The van der Waals surface area contributed by atoms with Crippen molar-refractivity contribution in [3.05, 3.63) is 114 Å². The summed E-state index contributed by atoms with van der Waals surface area (Å²) in [6.07, 6.45) is 7.07. The number of rotatable bonds is 4. The third kappa shape index (κ3) is 4.07. The molecule has 1 heteroatoms. The zero-order chi connectivity index (χ0) is 20.2. The topological polar surface area (TPSA) is 12.9 Å². The molecule has 1 aliphatic carbocycles. The lowest BCUT2D eigenvalue weighted by Gasteiger charge is -2.29. The van der Waals surface area contributed by atoms with E-state index in [9.17, 15) is 0 Å². The molecule has 1 saturated carbocycles. The van der Waals surface area contributed by atoms with Crippen molar-refractivity contribution >= 4 is 0 Å². The average Bonchev–Trinajstić information content (AvgIpc) is 2.85. The van der Waals surface area contributed by atoms with Gasteiger partial charge in [0.2, 0.25) is 0 Å². The molecule has 1 fully saturated rings.